The van der Waals surface area contributed by atoms with E-state index in [-0.39, 0.29) is 0 Å². The van der Waals surface area contributed by atoms with Crippen LogP contribution in [0.1, 0.15) is 22.5 Å². The number of hydrogen-bond donors (Lipinski definition) is 2. The molecule has 30 heavy (non-hydrogen) atoms. The summed E-state index contributed by atoms with van der Waals surface area (Å²) in [5.41, 5.74) is 5.30. The highest BCUT2D eigenvalue weighted by Gasteiger charge is 2.13. The quantitative estimate of drug-likeness (QED) is 0.399. The monoisotopic (exact) mass is 421 g/mol. The molecule has 0 spiro atoms. The van der Waals surface area contributed by atoms with E-state index < -0.39 is 0 Å². The van der Waals surface area contributed by atoms with E-state index in [0.717, 1.165) is 28.0 Å². The number of para-hydroxylation sites is 2. The SMILES string of the molecule is COc1cc(CNCc2nc3ccccc3[nH]2)cc(Cl)c1OCc1cccc(C)c1. The van der Waals surface area contributed by atoms with Gasteiger partial charge in [-0.05, 0) is 42.3 Å². The lowest BCUT2D eigenvalue weighted by atomic mass is 10.1. The van der Waals surface area contributed by atoms with Crippen LogP contribution in [-0.2, 0) is 19.7 Å². The maximum atomic E-state index is 6.51. The van der Waals surface area contributed by atoms with Crippen molar-refractivity contribution in [1.29, 1.82) is 0 Å². The van der Waals surface area contributed by atoms with Crippen molar-refractivity contribution in [2.45, 2.75) is 26.6 Å². The number of methoxy groups -OCH3 is 1. The van der Waals surface area contributed by atoms with Crippen LogP contribution in [0.5, 0.6) is 11.5 Å². The molecule has 0 saturated heterocycles. The molecule has 1 aromatic heterocycles. The summed E-state index contributed by atoms with van der Waals surface area (Å²) in [4.78, 5) is 7.90. The van der Waals surface area contributed by atoms with Gasteiger partial charge in [0, 0.05) is 6.54 Å². The van der Waals surface area contributed by atoms with Crippen LogP contribution in [0.2, 0.25) is 5.02 Å². The number of fused-ring (bicyclic) bond motifs is 1. The minimum atomic E-state index is 0.432. The van der Waals surface area contributed by atoms with Gasteiger partial charge in [0.25, 0.3) is 0 Å². The molecular weight excluding hydrogens is 398 g/mol. The fraction of sp³-hybridized carbons (Fsp3) is 0.208. The van der Waals surface area contributed by atoms with Crippen molar-refractivity contribution >= 4 is 22.6 Å². The molecule has 0 saturated carbocycles. The summed E-state index contributed by atoms with van der Waals surface area (Å²) < 4.78 is 11.5. The van der Waals surface area contributed by atoms with Crippen LogP contribution < -0.4 is 14.8 Å². The summed E-state index contributed by atoms with van der Waals surface area (Å²) in [6, 6.07) is 20.0. The Morgan fingerprint density at radius 2 is 1.87 bits per heavy atom. The molecule has 0 aliphatic carbocycles. The molecule has 1 heterocycles. The first-order chi connectivity index (χ1) is 14.6. The molecular formula is C24H24ClN3O2. The third-order valence-electron chi connectivity index (χ3n) is 4.81. The molecule has 0 radical (unpaired) electrons. The Hall–Kier alpha value is -3.02. The van der Waals surface area contributed by atoms with Crippen LogP contribution in [0.3, 0.4) is 0 Å². The number of rotatable bonds is 8. The van der Waals surface area contributed by atoms with E-state index in [1.807, 2.05) is 48.5 Å². The summed E-state index contributed by atoms with van der Waals surface area (Å²) in [5, 5.41) is 3.92. The average molecular weight is 422 g/mol. The minimum Gasteiger partial charge on any atom is -0.493 e. The number of H-pyrrole nitrogens is 1. The zero-order valence-corrected chi connectivity index (χ0v) is 17.8. The van der Waals surface area contributed by atoms with Crippen molar-refractivity contribution in [2.24, 2.45) is 0 Å². The van der Waals surface area contributed by atoms with Gasteiger partial charge in [-0.1, -0.05) is 53.6 Å². The van der Waals surface area contributed by atoms with Gasteiger partial charge in [0.05, 0.1) is 29.7 Å². The van der Waals surface area contributed by atoms with Crippen molar-refractivity contribution < 1.29 is 9.47 Å². The number of benzene rings is 3. The highest BCUT2D eigenvalue weighted by molar-refractivity contribution is 6.32. The molecule has 0 aliphatic rings. The van der Waals surface area contributed by atoms with Gasteiger partial charge in [-0.3, -0.25) is 0 Å². The van der Waals surface area contributed by atoms with E-state index in [9.17, 15) is 0 Å². The number of ether oxygens (including phenoxy) is 2. The van der Waals surface area contributed by atoms with Gasteiger partial charge in [0.15, 0.2) is 11.5 Å². The van der Waals surface area contributed by atoms with Gasteiger partial charge in [-0.25, -0.2) is 4.98 Å². The maximum Gasteiger partial charge on any atom is 0.180 e. The van der Waals surface area contributed by atoms with Crippen LogP contribution in [0.4, 0.5) is 0 Å². The van der Waals surface area contributed by atoms with E-state index in [0.29, 0.717) is 36.2 Å². The lowest BCUT2D eigenvalue weighted by molar-refractivity contribution is 0.284. The van der Waals surface area contributed by atoms with Crippen LogP contribution in [0, 0.1) is 6.92 Å². The van der Waals surface area contributed by atoms with E-state index in [2.05, 4.69) is 34.3 Å². The van der Waals surface area contributed by atoms with Gasteiger partial charge in [-0.2, -0.15) is 0 Å². The molecule has 0 fully saturated rings. The first kappa shape index (κ1) is 20.3. The molecule has 0 aliphatic heterocycles. The highest BCUT2D eigenvalue weighted by atomic mass is 35.5. The molecule has 0 unspecified atom stereocenters. The Morgan fingerprint density at radius 1 is 1.00 bits per heavy atom. The molecule has 0 atom stereocenters. The summed E-state index contributed by atoms with van der Waals surface area (Å²) in [7, 11) is 1.62. The van der Waals surface area contributed by atoms with Gasteiger partial charge in [0.2, 0.25) is 0 Å². The second kappa shape index (κ2) is 9.20. The van der Waals surface area contributed by atoms with Crippen molar-refractivity contribution in [3.05, 3.63) is 88.2 Å². The van der Waals surface area contributed by atoms with Gasteiger partial charge in [-0.15, -0.1) is 0 Å². The number of aryl methyl sites for hydroxylation is 1. The molecule has 6 heteroatoms. The Morgan fingerprint density at radius 3 is 2.67 bits per heavy atom. The molecule has 5 nitrogen and oxygen atoms in total. The second-order valence-corrected chi connectivity index (χ2v) is 7.60. The number of halogens is 1. The largest absolute Gasteiger partial charge is 0.493 e. The van der Waals surface area contributed by atoms with Crippen LogP contribution in [0.25, 0.3) is 11.0 Å². The third-order valence-corrected chi connectivity index (χ3v) is 5.10. The van der Waals surface area contributed by atoms with E-state index in [4.69, 9.17) is 21.1 Å². The third kappa shape index (κ3) is 4.75. The summed E-state index contributed by atoms with van der Waals surface area (Å²) >= 11 is 6.51. The van der Waals surface area contributed by atoms with E-state index in [1.165, 1.54) is 5.56 Å². The molecule has 4 aromatic rings. The van der Waals surface area contributed by atoms with Gasteiger partial charge >= 0.3 is 0 Å². The molecule has 4 rings (SSSR count). The topological polar surface area (TPSA) is 59.2 Å². The normalized spacial score (nSPS) is 11.0. The fourth-order valence-electron chi connectivity index (χ4n) is 3.39. The first-order valence-electron chi connectivity index (χ1n) is 9.81. The predicted molar refractivity (Wildman–Crippen MR) is 120 cm³/mol. The number of hydrogen-bond acceptors (Lipinski definition) is 4. The predicted octanol–water partition coefficient (Wildman–Crippen LogP) is 5.40. The minimum absolute atomic E-state index is 0.432. The Bertz CT molecular complexity index is 1120. The number of nitrogens with one attached hydrogen (secondary N) is 2. The summed E-state index contributed by atoms with van der Waals surface area (Å²) in [6.45, 7) is 3.75. The number of aromatic nitrogens is 2. The Kier molecular flexibility index (Phi) is 6.21. The summed E-state index contributed by atoms with van der Waals surface area (Å²) in [6.07, 6.45) is 0. The van der Waals surface area contributed by atoms with Crippen LogP contribution in [0.15, 0.2) is 60.7 Å². The van der Waals surface area contributed by atoms with Crippen molar-refractivity contribution in [3.8, 4) is 11.5 Å². The van der Waals surface area contributed by atoms with Crippen molar-refractivity contribution in [3.63, 3.8) is 0 Å². The highest BCUT2D eigenvalue weighted by Crippen LogP contribution is 2.37. The van der Waals surface area contributed by atoms with Crippen molar-refractivity contribution in [2.75, 3.05) is 7.11 Å². The zero-order chi connectivity index (χ0) is 20.9. The molecule has 0 bridgehead atoms. The second-order valence-electron chi connectivity index (χ2n) is 7.19. The van der Waals surface area contributed by atoms with Crippen molar-refractivity contribution in [1.82, 2.24) is 15.3 Å². The smallest absolute Gasteiger partial charge is 0.180 e. The van der Waals surface area contributed by atoms with Crippen LogP contribution >= 0.6 is 11.6 Å². The molecule has 0 amide bonds. The molecule has 3 aromatic carbocycles. The van der Waals surface area contributed by atoms with Crippen LogP contribution in [-0.4, -0.2) is 17.1 Å². The number of nitrogens with zero attached hydrogens (tertiary/aromatic N) is 1. The maximum absolute atomic E-state index is 6.51. The summed E-state index contributed by atoms with van der Waals surface area (Å²) in [5.74, 6) is 2.07. The zero-order valence-electron chi connectivity index (χ0n) is 17.0. The molecule has 2 N–H and O–H groups in total. The molecule has 154 valence electrons. The Labute approximate surface area is 181 Å². The van der Waals surface area contributed by atoms with Gasteiger partial charge < -0.3 is 19.8 Å². The average Bonchev–Trinajstić information content (AvgIpc) is 3.15. The fourth-order valence-corrected chi connectivity index (χ4v) is 3.68. The first-order valence-corrected chi connectivity index (χ1v) is 10.2. The Balaban J connectivity index is 1.40. The number of imidazole rings is 1. The van der Waals surface area contributed by atoms with E-state index in [1.54, 1.807) is 7.11 Å². The lowest BCUT2D eigenvalue weighted by Crippen LogP contribution is -2.14. The lowest BCUT2D eigenvalue weighted by Gasteiger charge is -2.15. The van der Waals surface area contributed by atoms with E-state index >= 15 is 0 Å². The van der Waals surface area contributed by atoms with Gasteiger partial charge in [0.1, 0.15) is 12.4 Å². The standard InChI is InChI=1S/C24H24ClN3O2/c1-16-6-5-7-17(10-16)15-30-24-19(25)11-18(12-22(24)29-2)13-26-14-23-27-20-8-3-4-9-21(20)28-23/h3-12,26H,13-15H2,1-2H3,(H,27,28). The number of aromatic amines is 1.